The van der Waals surface area contributed by atoms with Gasteiger partial charge in [-0.05, 0) is 6.92 Å². The molecule has 2 aromatic carbocycles. The molecule has 0 saturated carbocycles. The highest BCUT2D eigenvalue weighted by Gasteiger charge is 2.30. The third-order valence-corrected chi connectivity index (χ3v) is 4.84. The van der Waals surface area contributed by atoms with Crippen molar-refractivity contribution in [3.8, 4) is 16.9 Å². The SMILES string of the molecule is CCOc1c(F)c(F)c(-c2c(F)c(F)c(P)c(F)c2P)c(P)c1F. The molecule has 0 aromatic heterocycles. The molecule has 0 heterocycles. The van der Waals surface area contributed by atoms with Gasteiger partial charge in [-0.2, -0.15) is 4.39 Å². The summed E-state index contributed by atoms with van der Waals surface area (Å²) < 4.78 is 89.4. The van der Waals surface area contributed by atoms with Gasteiger partial charge in [0.05, 0.1) is 6.61 Å². The molecule has 3 unspecified atom stereocenters. The lowest BCUT2D eigenvalue weighted by atomic mass is 10.0. The number of hydrogen-bond donors (Lipinski definition) is 0. The molecular weight excluding hydrogens is 391 g/mol. The molecule has 130 valence electrons. The highest BCUT2D eigenvalue weighted by Crippen LogP contribution is 2.34. The van der Waals surface area contributed by atoms with Gasteiger partial charge in [-0.15, -0.1) is 18.5 Å². The van der Waals surface area contributed by atoms with Crippen LogP contribution in [-0.4, -0.2) is 6.61 Å². The van der Waals surface area contributed by atoms with E-state index in [9.17, 15) is 26.3 Å². The van der Waals surface area contributed by atoms with Gasteiger partial charge in [0.15, 0.2) is 29.0 Å². The van der Waals surface area contributed by atoms with Crippen molar-refractivity contribution in [3.63, 3.8) is 0 Å². The first-order valence-electron chi connectivity index (χ1n) is 6.45. The fourth-order valence-electron chi connectivity index (χ4n) is 2.11. The van der Waals surface area contributed by atoms with Crippen LogP contribution in [-0.2, 0) is 0 Å². The van der Waals surface area contributed by atoms with Crippen LogP contribution >= 0.6 is 27.7 Å². The van der Waals surface area contributed by atoms with E-state index in [1.165, 1.54) is 6.92 Å². The summed E-state index contributed by atoms with van der Waals surface area (Å²) in [5.74, 6) is -10.1. The summed E-state index contributed by atoms with van der Waals surface area (Å²) in [5.41, 5.74) is -1.87. The average molecular weight is 402 g/mol. The van der Waals surface area contributed by atoms with Crippen molar-refractivity contribution in [2.45, 2.75) is 6.92 Å². The maximum atomic E-state index is 14.4. The summed E-state index contributed by atoms with van der Waals surface area (Å²) in [6.07, 6.45) is 0. The first-order chi connectivity index (χ1) is 11.1. The quantitative estimate of drug-likeness (QED) is 0.436. The highest BCUT2D eigenvalue weighted by molar-refractivity contribution is 7.30. The molecule has 24 heavy (non-hydrogen) atoms. The predicted octanol–water partition coefficient (Wildman–Crippen LogP) is 3.09. The molecule has 0 fully saturated rings. The van der Waals surface area contributed by atoms with E-state index in [-0.39, 0.29) is 6.61 Å². The summed E-state index contributed by atoms with van der Waals surface area (Å²) in [6.45, 7) is 1.28. The van der Waals surface area contributed by atoms with Crippen molar-refractivity contribution >= 4 is 43.6 Å². The van der Waals surface area contributed by atoms with Crippen molar-refractivity contribution in [1.29, 1.82) is 0 Å². The second-order valence-corrected chi connectivity index (χ2v) is 6.37. The maximum Gasteiger partial charge on any atom is 0.204 e. The normalized spacial score (nSPS) is 11.1. The minimum Gasteiger partial charge on any atom is -0.488 e. The molecule has 0 aliphatic heterocycles. The Labute approximate surface area is 140 Å². The minimum absolute atomic E-state index is 0.148. The average Bonchev–Trinajstić information content (AvgIpc) is 2.56. The van der Waals surface area contributed by atoms with Crippen LogP contribution < -0.4 is 20.7 Å². The Hall–Kier alpha value is -0.890. The summed E-state index contributed by atoms with van der Waals surface area (Å²) in [7, 11) is 5.20. The van der Waals surface area contributed by atoms with Gasteiger partial charge in [-0.1, -0.05) is 9.24 Å². The summed E-state index contributed by atoms with van der Waals surface area (Å²) in [4.78, 5) is 0. The Morgan fingerprint density at radius 2 is 1.08 bits per heavy atom. The lowest BCUT2D eigenvalue weighted by molar-refractivity contribution is 0.297. The minimum atomic E-state index is -1.71. The zero-order valence-electron chi connectivity index (χ0n) is 12.1. The van der Waals surface area contributed by atoms with E-state index < -0.39 is 67.7 Å². The Kier molecular flexibility index (Phi) is 5.79. The van der Waals surface area contributed by atoms with Crippen LogP contribution in [0, 0.1) is 34.9 Å². The number of halogens is 6. The standard InChI is InChI=1S/C14H11F6OP3/c1-2-21-11-7(17)5(15)3(12(22)9(11)19)4-6(16)8(18)14(24)10(20)13(4)23/h2,22-24H2,1H3. The molecule has 3 atom stereocenters. The van der Waals surface area contributed by atoms with Crippen molar-refractivity contribution in [2.24, 2.45) is 0 Å². The van der Waals surface area contributed by atoms with Crippen LogP contribution in [0.15, 0.2) is 0 Å². The number of rotatable bonds is 3. The van der Waals surface area contributed by atoms with Gasteiger partial charge in [0.1, 0.15) is 5.82 Å². The van der Waals surface area contributed by atoms with E-state index in [0.717, 1.165) is 0 Å². The van der Waals surface area contributed by atoms with Gasteiger partial charge in [0.25, 0.3) is 0 Å². The molecular formula is C14H11F6OP3. The molecule has 0 aliphatic carbocycles. The van der Waals surface area contributed by atoms with Crippen LogP contribution in [0.5, 0.6) is 5.75 Å². The van der Waals surface area contributed by atoms with Crippen LogP contribution in [0.3, 0.4) is 0 Å². The van der Waals surface area contributed by atoms with Crippen molar-refractivity contribution in [1.82, 2.24) is 0 Å². The first kappa shape index (κ1) is 19.4. The molecule has 0 amide bonds. The molecule has 2 aromatic rings. The highest BCUT2D eigenvalue weighted by atomic mass is 31.0. The fourth-order valence-corrected chi connectivity index (χ4v) is 3.39. The number of hydrogen-bond acceptors (Lipinski definition) is 1. The number of benzene rings is 2. The summed E-state index contributed by atoms with van der Waals surface area (Å²) >= 11 is 0. The van der Waals surface area contributed by atoms with Crippen LogP contribution in [0.25, 0.3) is 11.1 Å². The maximum absolute atomic E-state index is 14.4. The molecule has 2 rings (SSSR count). The van der Waals surface area contributed by atoms with Crippen LogP contribution in [0.1, 0.15) is 6.92 Å². The molecule has 10 heteroatoms. The zero-order chi connectivity index (χ0) is 18.3. The summed E-state index contributed by atoms with van der Waals surface area (Å²) in [6, 6.07) is 0. The smallest absolute Gasteiger partial charge is 0.204 e. The van der Waals surface area contributed by atoms with E-state index in [1.54, 1.807) is 27.7 Å². The molecule has 1 nitrogen and oxygen atoms in total. The lowest BCUT2D eigenvalue weighted by Crippen LogP contribution is -2.23. The molecule has 0 N–H and O–H groups in total. The zero-order valence-corrected chi connectivity index (χ0v) is 15.6. The molecule has 0 spiro atoms. The molecule has 0 saturated heterocycles. The largest absolute Gasteiger partial charge is 0.488 e. The Morgan fingerprint density at radius 3 is 1.58 bits per heavy atom. The van der Waals surface area contributed by atoms with Gasteiger partial charge in [-0.25, -0.2) is 22.0 Å². The van der Waals surface area contributed by atoms with Crippen molar-refractivity contribution < 1.29 is 31.1 Å². The van der Waals surface area contributed by atoms with Gasteiger partial charge < -0.3 is 4.74 Å². The third-order valence-electron chi connectivity index (χ3n) is 3.25. The van der Waals surface area contributed by atoms with Crippen LogP contribution in [0.2, 0.25) is 0 Å². The van der Waals surface area contributed by atoms with Gasteiger partial charge in [-0.3, -0.25) is 0 Å². The third kappa shape index (κ3) is 2.92. The first-order valence-corrected chi connectivity index (χ1v) is 8.18. The summed E-state index contributed by atoms with van der Waals surface area (Å²) in [5, 5.41) is -1.89. The van der Waals surface area contributed by atoms with E-state index in [0.29, 0.717) is 0 Å². The van der Waals surface area contributed by atoms with Crippen molar-refractivity contribution in [2.75, 3.05) is 6.61 Å². The van der Waals surface area contributed by atoms with E-state index in [2.05, 4.69) is 0 Å². The monoisotopic (exact) mass is 402 g/mol. The Balaban J connectivity index is 2.95. The van der Waals surface area contributed by atoms with Crippen LogP contribution in [0.4, 0.5) is 26.3 Å². The van der Waals surface area contributed by atoms with E-state index in [4.69, 9.17) is 4.74 Å². The fraction of sp³-hybridized carbons (Fsp3) is 0.143. The molecule has 0 radical (unpaired) electrons. The van der Waals surface area contributed by atoms with Gasteiger partial charge in [0, 0.05) is 27.0 Å². The van der Waals surface area contributed by atoms with Gasteiger partial charge in [0.2, 0.25) is 5.82 Å². The second-order valence-electron chi connectivity index (χ2n) is 4.64. The molecule has 0 aliphatic rings. The lowest BCUT2D eigenvalue weighted by Gasteiger charge is -2.17. The second kappa shape index (κ2) is 7.15. The number of ether oxygens (including phenoxy) is 1. The van der Waals surface area contributed by atoms with Crippen molar-refractivity contribution in [3.05, 3.63) is 34.9 Å². The molecule has 0 bridgehead atoms. The van der Waals surface area contributed by atoms with E-state index >= 15 is 0 Å². The topological polar surface area (TPSA) is 9.23 Å². The van der Waals surface area contributed by atoms with E-state index in [1.807, 2.05) is 0 Å². The van der Waals surface area contributed by atoms with Gasteiger partial charge >= 0.3 is 0 Å². The Bertz CT molecular complexity index is 782. The predicted molar refractivity (Wildman–Crippen MR) is 90.8 cm³/mol. The Morgan fingerprint density at radius 1 is 0.625 bits per heavy atom.